The normalized spacial score (nSPS) is 11.6. The van der Waals surface area contributed by atoms with Crippen molar-refractivity contribution in [2.24, 2.45) is 0 Å². The molecule has 172 valence electrons. The maximum atomic E-state index is 11.5. The fourth-order valence-electron chi connectivity index (χ4n) is 4.22. The Balaban J connectivity index is 4.81. The van der Waals surface area contributed by atoms with Crippen LogP contribution in [0.3, 0.4) is 0 Å². The molecular formula is C26H52NO2+. The summed E-state index contributed by atoms with van der Waals surface area (Å²) in [7, 11) is 0. The Morgan fingerprint density at radius 1 is 0.655 bits per heavy atom. The van der Waals surface area contributed by atoms with Gasteiger partial charge in [0.05, 0.1) is 19.6 Å². The first-order chi connectivity index (χ1) is 14.1. The van der Waals surface area contributed by atoms with E-state index in [9.17, 15) is 4.79 Å². The van der Waals surface area contributed by atoms with Gasteiger partial charge in [0, 0.05) is 6.08 Å². The highest BCUT2D eigenvalue weighted by Crippen LogP contribution is 2.18. The predicted molar refractivity (Wildman–Crippen MR) is 127 cm³/mol. The Hall–Kier alpha value is -0.830. The van der Waals surface area contributed by atoms with E-state index in [4.69, 9.17) is 4.74 Å². The minimum Gasteiger partial charge on any atom is -0.457 e. The molecule has 0 rings (SSSR count). The minimum atomic E-state index is -0.281. The Morgan fingerprint density at radius 2 is 1.03 bits per heavy atom. The zero-order valence-electron chi connectivity index (χ0n) is 20.2. The van der Waals surface area contributed by atoms with E-state index in [2.05, 4.69) is 27.4 Å². The van der Waals surface area contributed by atoms with Crippen LogP contribution < -0.4 is 0 Å². The number of hydrogen-bond donors (Lipinski definition) is 0. The highest BCUT2D eigenvalue weighted by atomic mass is 16.5. The molecule has 0 heterocycles. The van der Waals surface area contributed by atoms with E-state index in [0.29, 0.717) is 6.61 Å². The largest absolute Gasteiger partial charge is 0.457 e. The number of unbranched alkanes of at least 4 members (excludes halogenated alkanes) is 12. The van der Waals surface area contributed by atoms with E-state index >= 15 is 0 Å². The second kappa shape index (κ2) is 20.4. The third kappa shape index (κ3) is 16.6. The lowest BCUT2D eigenvalue weighted by molar-refractivity contribution is -0.929. The first kappa shape index (κ1) is 28.2. The molecule has 0 N–H and O–H groups in total. The van der Waals surface area contributed by atoms with Gasteiger partial charge in [-0.25, -0.2) is 4.79 Å². The van der Waals surface area contributed by atoms with E-state index < -0.39 is 0 Å². The molecule has 0 saturated carbocycles. The summed E-state index contributed by atoms with van der Waals surface area (Å²) < 4.78 is 6.56. The second-order valence-corrected chi connectivity index (χ2v) is 8.85. The van der Waals surface area contributed by atoms with Crippen LogP contribution >= 0.6 is 0 Å². The fourth-order valence-corrected chi connectivity index (χ4v) is 4.22. The van der Waals surface area contributed by atoms with E-state index in [1.165, 1.54) is 122 Å². The number of ether oxygens (including phenoxy) is 1. The number of carbonyl (C=O) groups excluding carboxylic acids is 1. The van der Waals surface area contributed by atoms with Crippen molar-refractivity contribution in [1.29, 1.82) is 0 Å². The number of esters is 1. The molecular weight excluding hydrogens is 358 g/mol. The number of quaternary nitrogens is 1. The van der Waals surface area contributed by atoms with Gasteiger partial charge in [-0.1, -0.05) is 85.1 Å². The predicted octanol–water partition coefficient (Wildman–Crippen LogP) is 7.44. The molecule has 0 spiro atoms. The van der Waals surface area contributed by atoms with Gasteiger partial charge in [0.25, 0.3) is 0 Å². The second-order valence-electron chi connectivity index (χ2n) is 8.85. The Morgan fingerprint density at radius 3 is 1.38 bits per heavy atom. The van der Waals surface area contributed by atoms with E-state index in [-0.39, 0.29) is 5.97 Å². The van der Waals surface area contributed by atoms with Crippen molar-refractivity contribution in [1.82, 2.24) is 0 Å². The summed E-state index contributed by atoms with van der Waals surface area (Å²) in [6.07, 6.45) is 21.2. The highest BCUT2D eigenvalue weighted by Gasteiger charge is 2.26. The Kier molecular flexibility index (Phi) is 19.9. The van der Waals surface area contributed by atoms with Crippen molar-refractivity contribution in [3.63, 3.8) is 0 Å². The summed E-state index contributed by atoms with van der Waals surface area (Å²) in [5.74, 6) is -0.281. The molecule has 0 aromatic heterocycles. The van der Waals surface area contributed by atoms with Crippen molar-refractivity contribution in [3.8, 4) is 0 Å². The van der Waals surface area contributed by atoms with Crippen molar-refractivity contribution < 1.29 is 14.0 Å². The van der Waals surface area contributed by atoms with E-state index in [1.807, 2.05) is 0 Å². The Bertz CT molecular complexity index is 345. The quantitative estimate of drug-likeness (QED) is 0.0802. The van der Waals surface area contributed by atoms with E-state index in [0.717, 1.165) is 11.0 Å². The first-order valence-electron chi connectivity index (χ1n) is 12.8. The van der Waals surface area contributed by atoms with Crippen molar-refractivity contribution in [3.05, 3.63) is 12.7 Å². The van der Waals surface area contributed by atoms with Crippen LogP contribution in [0.5, 0.6) is 0 Å². The maximum absolute atomic E-state index is 11.5. The lowest BCUT2D eigenvalue weighted by Gasteiger charge is -2.39. The molecule has 29 heavy (non-hydrogen) atoms. The standard InChI is InChI=1S/C26H52NO2/c1-5-9-12-15-18-21-27(22-19-16-13-10-6-2,23-20-17-14-11-7-3)24-25-29-26(28)8-4/h8H,4-7,9-25H2,1-3H3/q+1. The summed E-state index contributed by atoms with van der Waals surface area (Å²) in [5, 5.41) is 0. The van der Waals surface area contributed by atoms with Crippen LogP contribution in [0, 0.1) is 0 Å². The van der Waals surface area contributed by atoms with Gasteiger partial charge in [-0.3, -0.25) is 0 Å². The van der Waals surface area contributed by atoms with Crippen LogP contribution in [-0.4, -0.2) is 43.2 Å². The molecule has 0 amide bonds. The zero-order chi connectivity index (χ0) is 21.6. The van der Waals surface area contributed by atoms with Crippen molar-refractivity contribution in [2.45, 2.75) is 117 Å². The molecule has 0 aliphatic rings. The Labute approximate surface area is 182 Å². The molecule has 0 aromatic rings. The third-order valence-electron chi connectivity index (χ3n) is 6.18. The molecule has 0 unspecified atom stereocenters. The first-order valence-corrected chi connectivity index (χ1v) is 12.8. The molecule has 3 nitrogen and oxygen atoms in total. The SMILES string of the molecule is C=CC(=O)OCC[N+](CCCCCCC)(CCCCCCC)CCCCCCC. The van der Waals surface area contributed by atoms with Crippen molar-refractivity contribution >= 4 is 5.97 Å². The average molecular weight is 411 g/mol. The number of hydrogen-bond acceptors (Lipinski definition) is 2. The van der Waals surface area contributed by atoms with Crippen LogP contribution in [0.1, 0.15) is 117 Å². The van der Waals surface area contributed by atoms with E-state index in [1.54, 1.807) is 0 Å². The van der Waals surface area contributed by atoms with Gasteiger partial charge < -0.3 is 9.22 Å². The monoisotopic (exact) mass is 410 g/mol. The summed E-state index contributed by atoms with van der Waals surface area (Å²) in [6, 6.07) is 0. The van der Waals surface area contributed by atoms with Crippen molar-refractivity contribution in [2.75, 3.05) is 32.8 Å². The molecule has 0 bridgehead atoms. The molecule has 0 saturated heterocycles. The highest BCUT2D eigenvalue weighted by molar-refractivity contribution is 5.81. The molecule has 0 atom stereocenters. The number of rotatable bonds is 22. The summed E-state index contributed by atoms with van der Waals surface area (Å²) in [5.41, 5.74) is 0. The van der Waals surface area contributed by atoms with Gasteiger partial charge in [0.2, 0.25) is 0 Å². The minimum absolute atomic E-state index is 0.281. The van der Waals surface area contributed by atoms with Gasteiger partial charge in [-0.15, -0.1) is 0 Å². The van der Waals surface area contributed by atoms with Gasteiger partial charge in [0.15, 0.2) is 0 Å². The molecule has 0 radical (unpaired) electrons. The zero-order valence-corrected chi connectivity index (χ0v) is 20.2. The van der Waals surface area contributed by atoms with Crippen LogP contribution in [0.25, 0.3) is 0 Å². The van der Waals surface area contributed by atoms with Crippen LogP contribution in [0.15, 0.2) is 12.7 Å². The third-order valence-corrected chi connectivity index (χ3v) is 6.18. The van der Waals surface area contributed by atoms with Crippen LogP contribution in [-0.2, 0) is 9.53 Å². The van der Waals surface area contributed by atoms with Crippen LogP contribution in [0.4, 0.5) is 0 Å². The fraction of sp³-hybridized carbons (Fsp3) is 0.885. The van der Waals surface area contributed by atoms with Gasteiger partial charge in [0.1, 0.15) is 13.2 Å². The molecule has 0 fully saturated rings. The smallest absolute Gasteiger partial charge is 0.330 e. The lowest BCUT2D eigenvalue weighted by Crippen LogP contribution is -2.52. The van der Waals surface area contributed by atoms with Crippen LogP contribution in [0.2, 0.25) is 0 Å². The van der Waals surface area contributed by atoms with Gasteiger partial charge in [-0.05, 0) is 38.5 Å². The molecule has 0 aliphatic carbocycles. The summed E-state index contributed by atoms with van der Waals surface area (Å²) in [4.78, 5) is 11.5. The average Bonchev–Trinajstić information content (AvgIpc) is 2.73. The maximum Gasteiger partial charge on any atom is 0.330 e. The summed E-state index contributed by atoms with van der Waals surface area (Å²) in [6.45, 7) is 15.6. The molecule has 0 aliphatic heterocycles. The van der Waals surface area contributed by atoms with Gasteiger partial charge >= 0.3 is 5.97 Å². The number of nitrogens with zero attached hydrogens (tertiary/aromatic N) is 1. The molecule has 3 heteroatoms. The topological polar surface area (TPSA) is 26.3 Å². The summed E-state index contributed by atoms with van der Waals surface area (Å²) >= 11 is 0. The number of carbonyl (C=O) groups is 1. The van der Waals surface area contributed by atoms with Gasteiger partial charge in [-0.2, -0.15) is 0 Å². The molecule has 0 aromatic carbocycles. The lowest BCUT2D eigenvalue weighted by atomic mass is 10.1.